The van der Waals surface area contributed by atoms with Crippen LogP contribution in [0, 0.1) is 6.92 Å². The van der Waals surface area contributed by atoms with Gasteiger partial charge in [-0.3, -0.25) is 0 Å². The fourth-order valence-corrected chi connectivity index (χ4v) is 5.12. The van der Waals surface area contributed by atoms with Crippen LogP contribution in [0.1, 0.15) is 57.2 Å². The molecule has 4 aromatic heterocycles. The van der Waals surface area contributed by atoms with Crippen LogP contribution < -0.4 is 5.73 Å². The highest BCUT2D eigenvalue weighted by Crippen LogP contribution is 2.35. The summed E-state index contributed by atoms with van der Waals surface area (Å²) in [5.74, 6) is 1.71. The van der Waals surface area contributed by atoms with Crippen LogP contribution in [-0.2, 0) is 5.54 Å². The summed E-state index contributed by atoms with van der Waals surface area (Å²) >= 11 is 0. The van der Waals surface area contributed by atoms with Gasteiger partial charge in [0.25, 0.3) is 0 Å². The summed E-state index contributed by atoms with van der Waals surface area (Å²) in [4.78, 5) is 16.3. The number of rotatable bonds is 4. The van der Waals surface area contributed by atoms with E-state index in [-0.39, 0.29) is 0 Å². The Bertz CT molecular complexity index is 1270. The van der Waals surface area contributed by atoms with Gasteiger partial charge in [-0.1, -0.05) is 0 Å². The van der Waals surface area contributed by atoms with E-state index in [1.54, 1.807) is 0 Å². The Morgan fingerprint density at radius 1 is 1.12 bits per heavy atom. The van der Waals surface area contributed by atoms with E-state index in [4.69, 9.17) is 15.8 Å². The number of nitrogens with two attached hydrogens (primary N) is 1. The molecule has 168 valence electrons. The first kappa shape index (κ1) is 21.0. The second kappa shape index (κ2) is 7.64. The minimum atomic E-state index is -0.465. The molecule has 0 amide bonds. The predicted molar refractivity (Wildman–Crippen MR) is 126 cm³/mol. The monoisotopic (exact) mass is 432 g/mol. The second-order valence-corrected chi connectivity index (χ2v) is 9.68. The predicted octanol–water partition coefficient (Wildman–Crippen LogP) is 3.69. The van der Waals surface area contributed by atoms with Crippen molar-refractivity contribution in [1.82, 2.24) is 34.0 Å². The quantitative estimate of drug-likeness (QED) is 0.529. The number of aryl methyl sites for hydroxylation is 1. The van der Waals surface area contributed by atoms with E-state index < -0.39 is 5.54 Å². The number of hydrogen-bond donors (Lipinski definition) is 1. The Labute approximate surface area is 188 Å². The molecule has 1 fully saturated rings. The maximum absolute atomic E-state index is 6.78. The molecule has 0 unspecified atom stereocenters. The Hall–Kier alpha value is -2.84. The summed E-state index contributed by atoms with van der Waals surface area (Å²) in [6, 6.07) is 5.14. The molecule has 8 heteroatoms. The molecule has 2 N–H and O–H groups in total. The fraction of sp³-hybridized carbons (Fsp3) is 0.500. The Kier molecular flexibility index (Phi) is 5.02. The SMILES string of the molecule is Cc1nc2ncc(-c3ccn4nc(C5(N)CCC(N(C)C)CC5)ncc34)cc2n1C(C)C. The largest absolute Gasteiger partial charge is 0.324 e. The number of pyridine rings is 1. The molecule has 4 heterocycles. The van der Waals surface area contributed by atoms with E-state index in [1.165, 1.54) is 0 Å². The Morgan fingerprint density at radius 3 is 2.56 bits per heavy atom. The van der Waals surface area contributed by atoms with E-state index in [0.717, 1.165) is 65.1 Å². The molecule has 0 spiro atoms. The van der Waals surface area contributed by atoms with Gasteiger partial charge in [0.2, 0.25) is 0 Å². The van der Waals surface area contributed by atoms with Crippen LogP contribution in [0.4, 0.5) is 0 Å². The van der Waals surface area contributed by atoms with Crippen molar-refractivity contribution in [3.05, 3.63) is 42.4 Å². The van der Waals surface area contributed by atoms with Gasteiger partial charge >= 0.3 is 0 Å². The molecule has 1 aliphatic carbocycles. The molecule has 1 saturated carbocycles. The van der Waals surface area contributed by atoms with E-state index in [1.807, 2.05) is 30.0 Å². The Morgan fingerprint density at radius 2 is 1.88 bits per heavy atom. The van der Waals surface area contributed by atoms with Gasteiger partial charge in [0.15, 0.2) is 11.5 Å². The smallest absolute Gasteiger partial charge is 0.177 e. The van der Waals surface area contributed by atoms with Crippen LogP contribution in [0.5, 0.6) is 0 Å². The van der Waals surface area contributed by atoms with Gasteiger partial charge in [0.05, 0.1) is 22.8 Å². The van der Waals surface area contributed by atoms with Gasteiger partial charge in [0, 0.05) is 35.6 Å². The standard InChI is InChI=1S/C24H32N8/c1-15(2)32-16(3)28-22-20(32)12-17(13-26-22)19-8-11-31-21(19)14-27-23(29-31)24(25)9-6-18(7-10-24)30(4)5/h8,11-15,18H,6-7,9-10,25H2,1-5H3. The maximum atomic E-state index is 6.78. The average Bonchev–Trinajstić information content (AvgIpc) is 3.33. The zero-order valence-corrected chi connectivity index (χ0v) is 19.6. The maximum Gasteiger partial charge on any atom is 0.177 e. The number of nitrogens with zero attached hydrogens (tertiary/aromatic N) is 7. The summed E-state index contributed by atoms with van der Waals surface area (Å²) in [5.41, 5.74) is 11.2. The van der Waals surface area contributed by atoms with Gasteiger partial charge in [-0.05, 0) is 72.7 Å². The lowest BCUT2D eigenvalue weighted by Crippen LogP contribution is -2.46. The summed E-state index contributed by atoms with van der Waals surface area (Å²) in [6.07, 6.45) is 9.70. The minimum Gasteiger partial charge on any atom is -0.324 e. The highest BCUT2D eigenvalue weighted by Gasteiger charge is 2.36. The molecule has 0 bridgehead atoms. The van der Waals surface area contributed by atoms with E-state index >= 15 is 0 Å². The van der Waals surface area contributed by atoms with Crippen molar-refractivity contribution < 1.29 is 0 Å². The average molecular weight is 433 g/mol. The van der Waals surface area contributed by atoms with E-state index in [9.17, 15) is 0 Å². The molecule has 32 heavy (non-hydrogen) atoms. The van der Waals surface area contributed by atoms with Gasteiger partial charge in [-0.2, -0.15) is 5.10 Å². The lowest BCUT2D eigenvalue weighted by molar-refractivity contribution is 0.167. The molecular formula is C24H32N8. The van der Waals surface area contributed by atoms with Crippen LogP contribution in [0.2, 0.25) is 0 Å². The minimum absolute atomic E-state index is 0.317. The fourth-order valence-electron chi connectivity index (χ4n) is 5.12. The van der Waals surface area contributed by atoms with Gasteiger partial charge in [0.1, 0.15) is 5.82 Å². The van der Waals surface area contributed by atoms with E-state index in [2.05, 4.69) is 59.5 Å². The molecule has 0 saturated heterocycles. The van der Waals surface area contributed by atoms with Gasteiger partial charge in [-0.25, -0.2) is 19.5 Å². The van der Waals surface area contributed by atoms with E-state index in [0.29, 0.717) is 12.1 Å². The molecule has 0 aliphatic heterocycles. The topological polar surface area (TPSA) is 90.2 Å². The Balaban J connectivity index is 1.50. The summed E-state index contributed by atoms with van der Waals surface area (Å²) in [5, 5.41) is 4.83. The number of aromatic nitrogens is 6. The number of hydrogen-bond acceptors (Lipinski definition) is 6. The molecule has 0 aromatic carbocycles. The van der Waals surface area contributed by atoms with Crippen LogP contribution in [0.25, 0.3) is 27.8 Å². The highest BCUT2D eigenvalue weighted by molar-refractivity contribution is 5.85. The van der Waals surface area contributed by atoms with Crippen molar-refractivity contribution in [1.29, 1.82) is 0 Å². The summed E-state index contributed by atoms with van der Waals surface area (Å²) in [7, 11) is 4.28. The molecule has 5 rings (SSSR count). The lowest BCUT2D eigenvalue weighted by atomic mass is 9.79. The van der Waals surface area contributed by atoms with Crippen molar-refractivity contribution in [2.45, 2.75) is 64.1 Å². The lowest BCUT2D eigenvalue weighted by Gasteiger charge is -2.38. The second-order valence-electron chi connectivity index (χ2n) is 9.68. The third kappa shape index (κ3) is 3.38. The van der Waals surface area contributed by atoms with Crippen molar-refractivity contribution in [3.63, 3.8) is 0 Å². The summed E-state index contributed by atoms with van der Waals surface area (Å²) in [6.45, 7) is 6.36. The number of fused-ring (bicyclic) bond motifs is 2. The molecule has 4 aromatic rings. The summed E-state index contributed by atoms with van der Waals surface area (Å²) < 4.78 is 4.13. The van der Waals surface area contributed by atoms with Gasteiger partial charge < -0.3 is 15.2 Å². The van der Waals surface area contributed by atoms with Crippen LogP contribution in [0.15, 0.2) is 30.7 Å². The first-order valence-electron chi connectivity index (χ1n) is 11.4. The highest BCUT2D eigenvalue weighted by atomic mass is 15.3. The molecule has 1 aliphatic rings. The van der Waals surface area contributed by atoms with Crippen molar-refractivity contribution >= 4 is 16.7 Å². The first-order valence-corrected chi connectivity index (χ1v) is 11.4. The molecule has 0 radical (unpaired) electrons. The normalized spacial score (nSPS) is 21.9. The van der Waals surface area contributed by atoms with Crippen LogP contribution >= 0.6 is 0 Å². The molecule has 8 nitrogen and oxygen atoms in total. The molecule has 0 atom stereocenters. The molecular weight excluding hydrogens is 400 g/mol. The van der Waals surface area contributed by atoms with Crippen molar-refractivity contribution in [2.24, 2.45) is 5.73 Å². The van der Waals surface area contributed by atoms with Crippen molar-refractivity contribution in [2.75, 3.05) is 14.1 Å². The third-order valence-corrected chi connectivity index (χ3v) is 6.99. The third-order valence-electron chi connectivity index (χ3n) is 6.99. The van der Waals surface area contributed by atoms with Crippen molar-refractivity contribution in [3.8, 4) is 11.1 Å². The zero-order chi connectivity index (χ0) is 22.6. The van der Waals surface area contributed by atoms with Gasteiger partial charge in [-0.15, -0.1) is 0 Å². The first-order chi connectivity index (χ1) is 15.3. The van der Waals surface area contributed by atoms with Crippen LogP contribution in [0.3, 0.4) is 0 Å². The zero-order valence-electron chi connectivity index (χ0n) is 19.6. The number of imidazole rings is 1. The van der Waals surface area contributed by atoms with Crippen LogP contribution in [-0.4, -0.2) is 54.2 Å².